The van der Waals surface area contributed by atoms with Gasteiger partial charge in [-0.3, -0.25) is 9.69 Å². The Labute approximate surface area is 111 Å². The third kappa shape index (κ3) is 5.36. The zero-order valence-corrected chi connectivity index (χ0v) is 12.0. The zero-order valence-electron chi connectivity index (χ0n) is 12.0. The van der Waals surface area contributed by atoms with Gasteiger partial charge in [0.25, 0.3) is 0 Å². The van der Waals surface area contributed by atoms with E-state index in [9.17, 15) is 4.79 Å². The first-order chi connectivity index (χ1) is 8.65. The highest BCUT2D eigenvalue weighted by Crippen LogP contribution is 2.17. The van der Waals surface area contributed by atoms with Crippen molar-refractivity contribution in [1.29, 1.82) is 0 Å². The largest absolute Gasteiger partial charge is 0.352 e. The summed E-state index contributed by atoms with van der Waals surface area (Å²) in [6.45, 7) is 3.73. The van der Waals surface area contributed by atoms with Crippen LogP contribution in [0.4, 0.5) is 0 Å². The van der Waals surface area contributed by atoms with Crippen LogP contribution in [0.1, 0.15) is 51.9 Å². The number of nitrogens with one attached hydrogen (secondary N) is 1. The molecule has 0 heterocycles. The molecule has 0 aromatic carbocycles. The summed E-state index contributed by atoms with van der Waals surface area (Å²) in [7, 11) is 2.03. The molecule has 18 heavy (non-hydrogen) atoms. The van der Waals surface area contributed by atoms with Crippen LogP contribution in [-0.4, -0.2) is 43.0 Å². The summed E-state index contributed by atoms with van der Waals surface area (Å²) in [6.07, 6.45) is 8.17. The lowest BCUT2D eigenvalue weighted by Crippen LogP contribution is -2.46. The second-order valence-electron chi connectivity index (χ2n) is 5.50. The van der Waals surface area contributed by atoms with Crippen LogP contribution in [0.5, 0.6) is 0 Å². The molecule has 1 aliphatic carbocycles. The van der Waals surface area contributed by atoms with Gasteiger partial charge >= 0.3 is 0 Å². The number of carbonyl (C=O) groups excluding carboxylic acids is 1. The Hall–Kier alpha value is -0.610. The molecule has 0 bridgehead atoms. The lowest BCUT2D eigenvalue weighted by Gasteiger charge is -2.25. The molecule has 4 heteroatoms. The van der Waals surface area contributed by atoms with E-state index in [2.05, 4.69) is 10.2 Å². The molecule has 1 amide bonds. The normalized spacial score (nSPS) is 18.2. The zero-order chi connectivity index (χ0) is 13.4. The van der Waals surface area contributed by atoms with Gasteiger partial charge in [-0.2, -0.15) is 0 Å². The van der Waals surface area contributed by atoms with Gasteiger partial charge in [-0.25, -0.2) is 0 Å². The van der Waals surface area contributed by atoms with Crippen LogP contribution in [0.2, 0.25) is 0 Å². The molecule has 0 saturated heterocycles. The highest BCUT2D eigenvalue weighted by atomic mass is 16.2. The molecule has 3 N–H and O–H groups in total. The van der Waals surface area contributed by atoms with E-state index in [1.54, 1.807) is 0 Å². The fraction of sp³-hybridized carbons (Fsp3) is 0.929. The monoisotopic (exact) mass is 255 g/mol. The molecular weight excluding hydrogens is 226 g/mol. The number of likely N-dealkylation sites (N-methyl/N-ethyl adjacent to an activating group) is 1. The summed E-state index contributed by atoms with van der Waals surface area (Å²) in [6, 6.07) is 0.397. The van der Waals surface area contributed by atoms with Gasteiger partial charge in [-0.15, -0.1) is 0 Å². The van der Waals surface area contributed by atoms with Crippen LogP contribution in [-0.2, 0) is 4.79 Å². The number of carbonyl (C=O) groups is 1. The van der Waals surface area contributed by atoms with Crippen molar-refractivity contribution in [3.05, 3.63) is 0 Å². The molecule has 106 valence electrons. The molecule has 0 aliphatic heterocycles. The van der Waals surface area contributed by atoms with Crippen molar-refractivity contribution < 1.29 is 4.79 Å². The molecule has 1 unspecified atom stereocenters. The van der Waals surface area contributed by atoms with Gasteiger partial charge in [0.15, 0.2) is 0 Å². The molecule has 0 aromatic heterocycles. The average Bonchev–Trinajstić information content (AvgIpc) is 2.86. The molecule has 0 spiro atoms. The topological polar surface area (TPSA) is 58.4 Å². The van der Waals surface area contributed by atoms with Crippen molar-refractivity contribution in [3.63, 3.8) is 0 Å². The van der Waals surface area contributed by atoms with Crippen molar-refractivity contribution in [2.24, 2.45) is 5.73 Å². The van der Waals surface area contributed by atoms with Crippen LogP contribution in [0, 0.1) is 0 Å². The lowest BCUT2D eigenvalue weighted by molar-refractivity contribution is -0.126. The first-order valence-corrected chi connectivity index (χ1v) is 7.36. The Balaban J connectivity index is 2.19. The van der Waals surface area contributed by atoms with Gasteiger partial charge in [-0.1, -0.05) is 19.3 Å². The Morgan fingerprint density at radius 1 is 1.33 bits per heavy atom. The van der Waals surface area contributed by atoms with E-state index in [-0.39, 0.29) is 11.9 Å². The Morgan fingerprint density at radius 3 is 2.61 bits per heavy atom. The predicted octanol–water partition coefficient (Wildman–Crippen LogP) is 1.49. The predicted molar refractivity (Wildman–Crippen MR) is 75.4 cm³/mol. The van der Waals surface area contributed by atoms with Crippen molar-refractivity contribution in [3.8, 4) is 0 Å². The standard InChI is InChI=1S/C14H29N3O/c1-12(17(2)11-7-3-6-10-15)14(18)16-13-8-4-5-9-13/h12-13H,3-11,15H2,1-2H3,(H,16,18). The number of nitrogens with two attached hydrogens (primary N) is 1. The summed E-state index contributed by atoms with van der Waals surface area (Å²) in [5.41, 5.74) is 5.47. The Kier molecular flexibility index (Phi) is 7.28. The molecule has 1 aliphatic rings. The van der Waals surface area contributed by atoms with E-state index in [4.69, 9.17) is 5.73 Å². The first-order valence-electron chi connectivity index (χ1n) is 7.36. The summed E-state index contributed by atoms with van der Waals surface area (Å²) in [4.78, 5) is 14.2. The van der Waals surface area contributed by atoms with Gasteiger partial charge in [0.1, 0.15) is 0 Å². The minimum absolute atomic E-state index is 0.0246. The maximum atomic E-state index is 12.1. The van der Waals surface area contributed by atoms with E-state index >= 15 is 0 Å². The van der Waals surface area contributed by atoms with Crippen LogP contribution >= 0.6 is 0 Å². The molecule has 1 atom stereocenters. The van der Waals surface area contributed by atoms with E-state index in [0.717, 1.165) is 45.2 Å². The van der Waals surface area contributed by atoms with Gasteiger partial charge in [0.05, 0.1) is 6.04 Å². The van der Waals surface area contributed by atoms with Crippen molar-refractivity contribution in [2.45, 2.75) is 64.0 Å². The average molecular weight is 255 g/mol. The van der Waals surface area contributed by atoms with Crippen molar-refractivity contribution >= 4 is 5.91 Å². The summed E-state index contributed by atoms with van der Waals surface area (Å²) >= 11 is 0. The van der Waals surface area contributed by atoms with E-state index in [0.29, 0.717) is 6.04 Å². The number of unbranched alkanes of at least 4 members (excludes halogenated alkanes) is 2. The highest BCUT2D eigenvalue weighted by molar-refractivity contribution is 5.81. The fourth-order valence-corrected chi connectivity index (χ4v) is 2.47. The van der Waals surface area contributed by atoms with Gasteiger partial charge in [-0.05, 0) is 52.7 Å². The fourth-order valence-electron chi connectivity index (χ4n) is 2.47. The van der Waals surface area contributed by atoms with Crippen LogP contribution in [0.15, 0.2) is 0 Å². The minimum Gasteiger partial charge on any atom is -0.352 e. The summed E-state index contributed by atoms with van der Waals surface area (Å²) < 4.78 is 0. The third-order valence-electron chi connectivity index (χ3n) is 3.96. The molecule has 0 radical (unpaired) electrons. The third-order valence-corrected chi connectivity index (χ3v) is 3.96. The number of nitrogens with zero attached hydrogens (tertiary/aromatic N) is 1. The molecule has 4 nitrogen and oxygen atoms in total. The number of rotatable bonds is 8. The van der Waals surface area contributed by atoms with E-state index in [1.807, 2.05) is 14.0 Å². The summed E-state index contributed by atoms with van der Waals surface area (Å²) in [5, 5.41) is 3.16. The summed E-state index contributed by atoms with van der Waals surface area (Å²) in [5.74, 6) is 0.184. The quantitative estimate of drug-likeness (QED) is 0.646. The van der Waals surface area contributed by atoms with Gasteiger partial charge in [0, 0.05) is 6.04 Å². The van der Waals surface area contributed by atoms with Crippen LogP contribution < -0.4 is 11.1 Å². The number of amides is 1. The number of hydrogen-bond donors (Lipinski definition) is 2. The maximum Gasteiger partial charge on any atom is 0.237 e. The first kappa shape index (κ1) is 15.4. The minimum atomic E-state index is -0.0246. The van der Waals surface area contributed by atoms with Crippen molar-refractivity contribution in [1.82, 2.24) is 10.2 Å². The van der Waals surface area contributed by atoms with Crippen LogP contribution in [0.25, 0.3) is 0 Å². The molecular formula is C14H29N3O. The second-order valence-corrected chi connectivity index (χ2v) is 5.50. The Morgan fingerprint density at radius 2 is 2.00 bits per heavy atom. The van der Waals surface area contributed by atoms with E-state index < -0.39 is 0 Å². The lowest BCUT2D eigenvalue weighted by atomic mass is 10.2. The van der Waals surface area contributed by atoms with Gasteiger partial charge < -0.3 is 11.1 Å². The van der Waals surface area contributed by atoms with Crippen LogP contribution in [0.3, 0.4) is 0 Å². The van der Waals surface area contributed by atoms with Gasteiger partial charge in [0.2, 0.25) is 5.91 Å². The smallest absolute Gasteiger partial charge is 0.237 e. The van der Waals surface area contributed by atoms with Crippen molar-refractivity contribution in [2.75, 3.05) is 20.1 Å². The number of hydrogen-bond acceptors (Lipinski definition) is 3. The molecule has 1 saturated carbocycles. The highest BCUT2D eigenvalue weighted by Gasteiger charge is 2.22. The molecule has 0 aromatic rings. The second kappa shape index (κ2) is 8.48. The van der Waals surface area contributed by atoms with E-state index in [1.165, 1.54) is 12.8 Å². The molecule has 1 fully saturated rings. The SMILES string of the molecule is CC(C(=O)NC1CCCC1)N(C)CCCCCN. The maximum absolute atomic E-state index is 12.1. The molecule has 1 rings (SSSR count). The Bertz CT molecular complexity index is 239.